The van der Waals surface area contributed by atoms with Crippen molar-refractivity contribution in [2.24, 2.45) is 0 Å². The number of nitrogens with zero attached hydrogens (tertiary/aromatic N) is 4. The third-order valence-corrected chi connectivity index (χ3v) is 9.34. The number of fused-ring (bicyclic) bond motifs is 1. The maximum absolute atomic E-state index is 13.1. The van der Waals surface area contributed by atoms with Crippen LogP contribution in [0.5, 0.6) is 5.75 Å². The molecular weight excluding hydrogens is 484 g/mol. The Morgan fingerprint density at radius 2 is 1.80 bits per heavy atom. The number of thiazole rings is 1. The molecule has 0 atom stereocenters. The molecule has 1 aliphatic rings. The quantitative estimate of drug-likeness (QED) is 0.426. The van der Waals surface area contributed by atoms with Gasteiger partial charge in [0.15, 0.2) is 5.13 Å². The summed E-state index contributed by atoms with van der Waals surface area (Å²) < 4.78 is 33.7. The predicted octanol–water partition coefficient (Wildman–Crippen LogP) is 4.08. The number of carbonyl (C=O) groups is 1. The summed E-state index contributed by atoms with van der Waals surface area (Å²) in [6.07, 6.45) is 1.75. The lowest BCUT2D eigenvalue weighted by atomic mass is 10.2. The van der Waals surface area contributed by atoms with E-state index in [0.717, 1.165) is 33.9 Å². The third-order valence-electron chi connectivity index (χ3n) is 6.27. The molecule has 10 heteroatoms. The molecule has 0 unspecified atom stereocenters. The third kappa shape index (κ3) is 5.44. The largest absolute Gasteiger partial charge is 0.497 e. The molecular formula is C25H32N4O4S2. The minimum Gasteiger partial charge on any atom is -0.497 e. The van der Waals surface area contributed by atoms with Gasteiger partial charge in [-0.15, -0.1) is 0 Å². The summed E-state index contributed by atoms with van der Waals surface area (Å²) >= 11 is 1.62. The van der Waals surface area contributed by atoms with Crippen LogP contribution in [-0.2, 0) is 10.0 Å². The maximum Gasteiger partial charge on any atom is 0.253 e. The Bertz CT molecular complexity index is 1270. The van der Waals surface area contributed by atoms with Crippen LogP contribution in [0.2, 0.25) is 0 Å². The number of hydrogen-bond donors (Lipinski definition) is 0. The van der Waals surface area contributed by atoms with Gasteiger partial charge < -0.3 is 14.5 Å². The van der Waals surface area contributed by atoms with E-state index in [1.165, 1.54) is 4.31 Å². The fourth-order valence-electron chi connectivity index (χ4n) is 4.14. The average molecular weight is 517 g/mol. The van der Waals surface area contributed by atoms with Crippen LogP contribution in [0.3, 0.4) is 0 Å². The van der Waals surface area contributed by atoms with Gasteiger partial charge in [0.2, 0.25) is 10.0 Å². The minimum atomic E-state index is -3.56. The second-order valence-corrected chi connectivity index (χ2v) is 11.4. The molecule has 0 radical (unpaired) electrons. The molecule has 1 saturated heterocycles. The average Bonchev–Trinajstić information content (AvgIpc) is 3.32. The fraction of sp³-hybridized carbons (Fsp3) is 0.440. The highest BCUT2D eigenvalue weighted by Crippen LogP contribution is 2.32. The van der Waals surface area contributed by atoms with Gasteiger partial charge in [0.25, 0.3) is 5.91 Å². The van der Waals surface area contributed by atoms with Crippen molar-refractivity contribution in [3.63, 3.8) is 0 Å². The monoisotopic (exact) mass is 516 g/mol. The molecule has 0 bridgehead atoms. The van der Waals surface area contributed by atoms with Gasteiger partial charge >= 0.3 is 0 Å². The van der Waals surface area contributed by atoms with Gasteiger partial charge in [-0.1, -0.05) is 31.6 Å². The number of amides is 1. The Hall–Kier alpha value is -2.69. The van der Waals surface area contributed by atoms with Crippen molar-refractivity contribution in [1.82, 2.24) is 14.2 Å². The van der Waals surface area contributed by atoms with Crippen LogP contribution in [0.1, 0.15) is 37.0 Å². The van der Waals surface area contributed by atoms with Crippen molar-refractivity contribution in [2.45, 2.75) is 31.6 Å². The van der Waals surface area contributed by atoms with Gasteiger partial charge in [0, 0.05) is 44.8 Å². The summed E-state index contributed by atoms with van der Waals surface area (Å²) in [5, 5.41) is 0.943. The van der Waals surface area contributed by atoms with E-state index >= 15 is 0 Å². The lowest BCUT2D eigenvalue weighted by Gasteiger charge is -2.34. The minimum absolute atomic E-state index is 0.0824. The lowest BCUT2D eigenvalue weighted by molar-refractivity contribution is 0.0746. The molecule has 0 N–H and O–H groups in total. The van der Waals surface area contributed by atoms with Crippen molar-refractivity contribution in [2.75, 3.05) is 51.3 Å². The van der Waals surface area contributed by atoms with E-state index < -0.39 is 10.0 Å². The number of carbonyl (C=O) groups excluding carboxylic acids is 1. The first-order valence-corrected chi connectivity index (χ1v) is 14.2. The maximum atomic E-state index is 13.1. The number of piperazine rings is 1. The van der Waals surface area contributed by atoms with E-state index in [-0.39, 0.29) is 10.8 Å². The van der Waals surface area contributed by atoms with Crippen molar-refractivity contribution >= 4 is 42.6 Å². The number of unbranched alkanes of at least 4 members (excludes halogenated alkanes) is 1. The first-order chi connectivity index (χ1) is 16.9. The zero-order valence-electron chi connectivity index (χ0n) is 20.4. The molecule has 1 aliphatic heterocycles. The van der Waals surface area contributed by atoms with Gasteiger partial charge in [0.05, 0.1) is 22.2 Å². The number of rotatable bonds is 9. The summed E-state index contributed by atoms with van der Waals surface area (Å²) in [6, 6.07) is 12.2. The van der Waals surface area contributed by atoms with Crippen LogP contribution in [0.15, 0.2) is 47.4 Å². The van der Waals surface area contributed by atoms with E-state index in [0.29, 0.717) is 44.8 Å². The van der Waals surface area contributed by atoms with Gasteiger partial charge in [0.1, 0.15) is 5.75 Å². The molecule has 0 aliphatic carbocycles. The van der Waals surface area contributed by atoms with Crippen molar-refractivity contribution in [3.05, 3.63) is 48.0 Å². The number of benzene rings is 2. The van der Waals surface area contributed by atoms with Crippen LogP contribution in [0.4, 0.5) is 5.13 Å². The zero-order chi connectivity index (χ0) is 25.0. The van der Waals surface area contributed by atoms with Crippen LogP contribution in [0, 0.1) is 0 Å². The summed E-state index contributed by atoms with van der Waals surface area (Å²) in [7, 11) is -1.90. The van der Waals surface area contributed by atoms with E-state index in [4.69, 9.17) is 9.72 Å². The molecule has 8 nitrogen and oxygen atoms in total. The summed E-state index contributed by atoms with van der Waals surface area (Å²) in [5.41, 5.74) is 1.44. The van der Waals surface area contributed by atoms with Gasteiger partial charge in [-0.25, -0.2) is 13.4 Å². The van der Waals surface area contributed by atoms with E-state index in [2.05, 4.69) is 4.90 Å². The first kappa shape index (κ1) is 25.4. The standard InChI is InChI=1S/C25H32N4O4S2/c1-4-6-13-29(5-2)35(31,32)21-10-7-19(8-11-21)24(30)27-14-16-28(17-15-27)25-26-22-12-9-20(33-3)18-23(22)34-25/h7-12,18H,4-6,13-17H2,1-3H3. The van der Waals surface area contributed by atoms with Crippen LogP contribution >= 0.6 is 11.3 Å². The van der Waals surface area contributed by atoms with Crippen molar-refractivity contribution in [1.29, 1.82) is 0 Å². The highest BCUT2D eigenvalue weighted by Gasteiger charge is 2.26. The van der Waals surface area contributed by atoms with Gasteiger partial charge in [-0.3, -0.25) is 4.79 Å². The molecule has 4 rings (SSSR count). The van der Waals surface area contributed by atoms with Crippen LogP contribution in [0.25, 0.3) is 10.2 Å². The summed E-state index contributed by atoms with van der Waals surface area (Å²) in [4.78, 5) is 22.0. The number of anilines is 1. The highest BCUT2D eigenvalue weighted by molar-refractivity contribution is 7.89. The summed E-state index contributed by atoms with van der Waals surface area (Å²) in [6.45, 7) is 7.36. The SMILES string of the molecule is CCCCN(CC)S(=O)(=O)c1ccc(C(=O)N2CCN(c3nc4ccc(OC)cc4s3)CC2)cc1. The second kappa shape index (κ2) is 10.9. The Morgan fingerprint density at radius 1 is 1.09 bits per heavy atom. The predicted molar refractivity (Wildman–Crippen MR) is 140 cm³/mol. The smallest absolute Gasteiger partial charge is 0.253 e. The number of ether oxygens (including phenoxy) is 1. The number of hydrogen-bond acceptors (Lipinski definition) is 7. The van der Waals surface area contributed by atoms with Gasteiger partial charge in [-0.2, -0.15) is 4.31 Å². The van der Waals surface area contributed by atoms with E-state index in [1.807, 2.05) is 36.9 Å². The molecule has 1 aromatic heterocycles. The lowest BCUT2D eigenvalue weighted by Crippen LogP contribution is -2.48. The molecule has 1 amide bonds. The van der Waals surface area contributed by atoms with Crippen LogP contribution < -0.4 is 9.64 Å². The molecule has 0 saturated carbocycles. The molecule has 1 fully saturated rings. The normalized spacial score (nSPS) is 14.6. The Labute approximate surface area is 211 Å². The molecule has 35 heavy (non-hydrogen) atoms. The Morgan fingerprint density at radius 3 is 2.43 bits per heavy atom. The number of methoxy groups -OCH3 is 1. The Kier molecular flexibility index (Phi) is 7.93. The Balaban J connectivity index is 1.39. The van der Waals surface area contributed by atoms with Crippen molar-refractivity contribution < 1.29 is 17.9 Å². The van der Waals surface area contributed by atoms with Gasteiger partial charge in [-0.05, 0) is 48.9 Å². The molecule has 2 heterocycles. The summed E-state index contributed by atoms with van der Waals surface area (Å²) in [5.74, 6) is 0.728. The number of aromatic nitrogens is 1. The molecule has 3 aromatic rings. The van der Waals surface area contributed by atoms with E-state index in [1.54, 1.807) is 42.7 Å². The highest BCUT2D eigenvalue weighted by atomic mass is 32.2. The topological polar surface area (TPSA) is 83.1 Å². The first-order valence-electron chi connectivity index (χ1n) is 12.0. The van der Waals surface area contributed by atoms with E-state index in [9.17, 15) is 13.2 Å². The molecule has 188 valence electrons. The fourth-order valence-corrected chi connectivity index (χ4v) is 6.67. The second-order valence-electron chi connectivity index (χ2n) is 8.48. The molecule has 2 aromatic carbocycles. The van der Waals surface area contributed by atoms with Crippen LogP contribution in [-0.4, -0.2) is 74.9 Å². The molecule has 0 spiro atoms. The zero-order valence-corrected chi connectivity index (χ0v) is 22.1. The number of sulfonamides is 1. The van der Waals surface area contributed by atoms with Crippen molar-refractivity contribution in [3.8, 4) is 5.75 Å².